The topological polar surface area (TPSA) is 43.1 Å². The second-order valence-corrected chi connectivity index (χ2v) is 4.05. The molecule has 0 fully saturated rings. The first-order valence-corrected chi connectivity index (χ1v) is 5.30. The normalized spacial score (nSPS) is 10.2. The third kappa shape index (κ3) is 2.63. The lowest BCUT2D eigenvalue weighted by Crippen LogP contribution is -2.02. The molecule has 0 atom stereocenters. The first-order chi connectivity index (χ1) is 8.06. The van der Waals surface area contributed by atoms with E-state index in [9.17, 15) is 9.18 Å². The standard InChI is InChI=1S/C13H9ClFNO/c14-10-3-1-8(2-4-10)13(17)9-5-11(15)7-12(16)6-9/h1-7H,16H2. The quantitative estimate of drug-likeness (QED) is 0.656. The van der Waals surface area contributed by atoms with Gasteiger partial charge in [-0.05, 0) is 42.5 Å². The summed E-state index contributed by atoms with van der Waals surface area (Å²) in [7, 11) is 0. The van der Waals surface area contributed by atoms with Crippen LogP contribution in [0.15, 0.2) is 42.5 Å². The highest BCUT2D eigenvalue weighted by Crippen LogP contribution is 2.17. The van der Waals surface area contributed by atoms with Crippen molar-refractivity contribution in [3.8, 4) is 0 Å². The van der Waals surface area contributed by atoms with Gasteiger partial charge in [0.15, 0.2) is 5.78 Å². The van der Waals surface area contributed by atoms with Crippen LogP contribution in [0.3, 0.4) is 0 Å². The molecule has 0 bridgehead atoms. The minimum atomic E-state index is -0.526. The highest BCUT2D eigenvalue weighted by Gasteiger charge is 2.10. The zero-order chi connectivity index (χ0) is 12.4. The Kier molecular flexibility index (Phi) is 3.11. The van der Waals surface area contributed by atoms with E-state index >= 15 is 0 Å². The second kappa shape index (κ2) is 4.55. The summed E-state index contributed by atoms with van der Waals surface area (Å²) in [4.78, 5) is 12.0. The lowest BCUT2D eigenvalue weighted by atomic mass is 10.0. The van der Waals surface area contributed by atoms with Crippen LogP contribution in [0.2, 0.25) is 5.02 Å². The van der Waals surface area contributed by atoms with Crippen molar-refractivity contribution in [1.29, 1.82) is 0 Å². The molecule has 2 aromatic rings. The molecule has 2 N–H and O–H groups in total. The zero-order valence-corrected chi connectivity index (χ0v) is 9.54. The van der Waals surface area contributed by atoms with E-state index in [1.54, 1.807) is 24.3 Å². The van der Waals surface area contributed by atoms with Gasteiger partial charge < -0.3 is 5.73 Å². The first-order valence-electron chi connectivity index (χ1n) is 4.92. The molecule has 0 radical (unpaired) electrons. The molecule has 0 amide bonds. The van der Waals surface area contributed by atoms with Gasteiger partial charge in [0.05, 0.1) is 0 Å². The van der Waals surface area contributed by atoms with Crippen molar-refractivity contribution in [2.45, 2.75) is 0 Å². The fourth-order valence-corrected chi connectivity index (χ4v) is 1.64. The maximum atomic E-state index is 13.1. The highest BCUT2D eigenvalue weighted by atomic mass is 35.5. The van der Waals surface area contributed by atoms with E-state index in [0.717, 1.165) is 6.07 Å². The van der Waals surface area contributed by atoms with E-state index in [2.05, 4.69) is 0 Å². The number of carbonyl (C=O) groups is 1. The molecule has 0 aromatic heterocycles. The lowest BCUT2D eigenvalue weighted by Gasteiger charge is -2.03. The lowest BCUT2D eigenvalue weighted by molar-refractivity contribution is 0.103. The van der Waals surface area contributed by atoms with Crippen LogP contribution < -0.4 is 5.73 Å². The molecule has 4 heteroatoms. The number of rotatable bonds is 2. The summed E-state index contributed by atoms with van der Waals surface area (Å²) < 4.78 is 13.1. The van der Waals surface area contributed by atoms with Gasteiger partial charge in [-0.3, -0.25) is 4.79 Å². The van der Waals surface area contributed by atoms with Gasteiger partial charge >= 0.3 is 0 Å². The average molecular weight is 250 g/mol. The van der Waals surface area contributed by atoms with Crippen LogP contribution in [0.25, 0.3) is 0 Å². The number of hydrogen-bond donors (Lipinski definition) is 1. The van der Waals surface area contributed by atoms with Gasteiger partial charge in [-0.2, -0.15) is 0 Å². The van der Waals surface area contributed by atoms with Crippen LogP contribution in [0.4, 0.5) is 10.1 Å². The number of hydrogen-bond acceptors (Lipinski definition) is 2. The summed E-state index contributed by atoms with van der Waals surface area (Å²) in [6.07, 6.45) is 0. The number of benzene rings is 2. The van der Waals surface area contributed by atoms with Crippen LogP contribution >= 0.6 is 11.6 Å². The van der Waals surface area contributed by atoms with Crippen molar-refractivity contribution in [1.82, 2.24) is 0 Å². The van der Waals surface area contributed by atoms with E-state index in [1.807, 2.05) is 0 Å². The van der Waals surface area contributed by atoms with Crippen LogP contribution in [0.1, 0.15) is 15.9 Å². The van der Waals surface area contributed by atoms with E-state index in [0.29, 0.717) is 10.6 Å². The summed E-state index contributed by atoms with van der Waals surface area (Å²) in [5, 5.41) is 0.542. The van der Waals surface area contributed by atoms with Gasteiger partial charge in [-0.1, -0.05) is 11.6 Å². The molecule has 0 heterocycles. The number of ketones is 1. The van der Waals surface area contributed by atoms with Gasteiger partial charge in [-0.25, -0.2) is 4.39 Å². The Morgan fingerprint density at radius 2 is 1.71 bits per heavy atom. The summed E-state index contributed by atoms with van der Waals surface area (Å²) in [5.74, 6) is -0.810. The van der Waals surface area contributed by atoms with E-state index in [-0.39, 0.29) is 17.0 Å². The molecule has 0 saturated carbocycles. The molecule has 0 spiro atoms. The van der Waals surface area contributed by atoms with Crippen LogP contribution in [0, 0.1) is 5.82 Å². The molecule has 0 aliphatic carbocycles. The molecule has 17 heavy (non-hydrogen) atoms. The van der Waals surface area contributed by atoms with Crippen molar-refractivity contribution in [3.05, 3.63) is 64.4 Å². The summed E-state index contributed by atoms with van der Waals surface area (Å²) in [6, 6.07) is 10.2. The molecule has 2 nitrogen and oxygen atoms in total. The Bertz CT molecular complexity index is 546. The third-order valence-electron chi connectivity index (χ3n) is 2.29. The van der Waals surface area contributed by atoms with Gasteiger partial charge in [0.25, 0.3) is 0 Å². The molecule has 0 unspecified atom stereocenters. The predicted molar refractivity (Wildman–Crippen MR) is 65.7 cm³/mol. The second-order valence-electron chi connectivity index (χ2n) is 3.61. The minimum absolute atomic E-state index is 0.224. The third-order valence-corrected chi connectivity index (χ3v) is 2.54. The molecule has 0 aliphatic heterocycles. The Balaban J connectivity index is 2.40. The van der Waals surface area contributed by atoms with Crippen LogP contribution in [0.5, 0.6) is 0 Å². The van der Waals surface area contributed by atoms with Gasteiger partial charge in [0.2, 0.25) is 0 Å². The first kappa shape index (κ1) is 11.6. The maximum absolute atomic E-state index is 13.1. The number of nitrogen functional groups attached to an aromatic ring is 1. The summed E-state index contributed by atoms with van der Waals surface area (Å²) >= 11 is 5.72. The molecule has 0 saturated heterocycles. The van der Waals surface area contributed by atoms with E-state index < -0.39 is 5.82 Å². The van der Waals surface area contributed by atoms with Gasteiger partial charge in [-0.15, -0.1) is 0 Å². The van der Waals surface area contributed by atoms with Crippen LogP contribution in [-0.2, 0) is 0 Å². The number of carbonyl (C=O) groups excluding carboxylic acids is 1. The average Bonchev–Trinajstić information content (AvgIpc) is 2.28. The molecule has 0 aliphatic rings. The maximum Gasteiger partial charge on any atom is 0.193 e. The van der Waals surface area contributed by atoms with Crippen molar-refractivity contribution >= 4 is 23.1 Å². The fourth-order valence-electron chi connectivity index (χ4n) is 1.51. The Hall–Kier alpha value is -1.87. The molecule has 2 rings (SSSR count). The van der Waals surface area contributed by atoms with E-state index in [4.69, 9.17) is 17.3 Å². The van der Waals surface area contributed by atoms with E-state index in [1.165, 1.54) is 12.1 Å². The fraction of sp³-hybridized carbons (Fsp3) is 0. The van der Waals surface area contributed by atoms with Crippen molar-refractivity contribution < 1.29 is 9.18 Å². The van der Waals surface area contributed by atoms with Crippen molar-refractivity contribution in [2.75, 3.05) is 5.73 Å². The molecule has 2 aromatic carbocycles. The highest BCUT2D eigenvalue weighted by molar-refractivity contribution is 6.30. The monoisotopic (exact) mass is 249 g/mol. The Labute approximate surface area is 103 Å². The van der Waals surface area contributed by atoms with Gasteiger partial charge in [0.1, 0.15) is 5.82 Å². The zero-order valence-electron chi connectivity index (χ0n) is 8.78. The summed E-state index contributed by atoms with van der Waals surface area (Å²) in [5.41, 5.74) is 6.38. The SMILES string of the molecule is Nc1cc(F)cc(C(=O)c2ccc(Cl)cc2)c1. The Morgan fingerprint density at radius 3 is 2.29 bits per heavy atom. The number of nitrogens with two attached hydrogens (primary N) is 1. The Morgan fingerprint density at radius 1 is 1.06 bits per heavy atom. The number of anilines is 1. The van der Waals surface area contributed by atoms with Gasteiger partial charge in [0, 0.05) is 21.8 Å². The van der Waals surface area contributed by atoms with Crippen molar-refractivity contribution in [3.63, 3.8) is 0 Å². The van der Waals surface area contributed by atoms with Crippen molar-refractivity contribution in [2.24, 2.45) is 0 Å². The van der Waals surface area contributed by atoms with Crippen LogP contribution in [-0.4, -0.2) is 5.78 Å². The molecular weight excluding hydrogens is 241 g/mol. The number of halogens is 2. The smallest absolute Gasteiger partial charge is 0.193 e. The largest absolute Gasteiger partial charge is 0.399 e. The molecule has 86 valence electrons. The predicted octanol–water partition coefficient (Wildman–Crippen LogP) is 3.29. The minimum Gasteiger partial charge on any atom is -0.399 e. The summed E-state index contributed by atoms with van der Waals surface area (Å²) in [6.45, 7) is 0. The molecular formula is C13H9ClFNO.